The molecule has 0 aromatic carbocycles. The van der Waals surface area contributed by atoms with Gasteiger partial charge in [-0.05, 0) is 6.42 Å². The Morgan fingerprint density at radius 1 is 0.762 bits per heavy atom. The van der Waals surface area contributed by atoms with Gasteiger partial charge in [-0.3, -0.25) is 19.2 Å². The molecule has 0 amide bonds. The van der Waals surface area contributed by atoms with E-state index in [1.54, 1.807) is 6.20 Å². The lowest BCUT2D eigenvalue weighted by Crippen LogP contribution is -2.60. The number of aromatic nitrogens is 3. The van der Waals surface area contributed by atoms with Crippen LogP contribution in [-0.2, 0) is 54.2 Å². The first kappa shape index (κ1) is 35.1. The number of carbonyl (C=O) groups excluding carboxylic acids is 4. The van der Waals surface area contributed by atoms with Gasteiger partial charge in [0.2, 0.25) is 0 Å². The van der Waals surface area contributed by atoms with Crippen LogP contribution in [0, 0.1) is 0 Å². The zero-order chi connectivity index (χ0) is 30.9. The number of ether oxygens (including phenoxy) is 6. The molecule has 1 fully saturated rings. The first-order chi connectivity index (χ1) is 20.1. The number of hydrogen-bond donors (Lipinski definition) is 0. The summed E-state index contributed by atoms with van der Waals surface area (Å²) in [5.74, 6) is -2.69. The normalized spacial score (nSPS) is 21.9. The van der Waals surface area contributed by atoms with E-state index in [0.717, 1.165) is 12.8 Å². The van der Waals surface area contributed by atoms with Crippen molar-refractivity contribution < 1.29 is 47.6 Å². The summed E-state index contributed by atoms with van der Waals surface area (Å²) >= 11 is 0. The third kappa shape index (κ3) is 12.8. The van der Waals surface area contributed by atoms with Crippen LogP contribution in [0.4, 0.5) is 0 Å². The Balaban J connectivity index is 2.02. The van der Waals surface area contributed by atoms with Gasteiger partial charge in [0, 0.05) is 34.3 Å². The van der Waals surface area contributed by atoms with Crippen LogP contribution in [0.5, 0.6) is 0 Å². The van der Waals surface area contributed by atoms with Crippen molar-refractivity contribution in [3.63, 3.8) is 0 Å². The lowest BCUT2D eigenvalue weighted by atomic mass is 9.97. The topological polar surface area (TPSA) is 154 Å². The van der Waals surface area contributed by atoms with E-state index >= 15 is 0 Å². The van der Waals surface area contributed by atoms with Gasteiger partial charge in [-0.15, -0.1) is 5.10 Å². The molecule has 1 aliphatic rings. The number of carbonyl (C=O) groups is 4. The van der Waals surface area contributed by atoms with E-state index in [1.807, 2.05) is 0 Å². The average Bonchev–Trinajstić information content (AvgIpc) is 3.38. The maximum atomic E-state index is 12.0. The van der Waals surface area contributed by atoms with Crippen molar-refractivity contribution in [1.82, 2.24) is 15.0 Å². The molecule has 2 rings (SSSR count). The van der Waals surface area contributed by atoms with Gasteiger partial charge < -0.3 is 28.4 Å². The van der Waals surface area contributed by atoms with Gasteiger partial charge in [0.25, 0.3) is 0 Å². The minimum Gasteiger partial charge on any atom is -0.463 e. The molecule has 13 heteroatoms. The molecule has 1 aromatic heterocycles. The molecular formula is C29H47N3O10. The second kappa shape index (κ2) is 19.2. The summed E-state index contributed by atoms with van der Waals surface area (Å²) in [6, 6.07) is 0. The molecular weight excluding hydrogens is 550 g/mol. The van der Waals surface area contributed by atoms with Crippen LogP contribution in [0.25, 0.3) is 0 Å². The first-order valence-electron chi connectivity index (χ1n) is 14.9. The summed E-state index contributed by atoms with van der Waals surface area (Å²) in [4.78, 5) is 47.4. The number of unbranched alkanes of at least 4 members (excludes halogenated alkanes) is 9. The Morgan fingerprint density at radius 2 is 1.31 bits per heavy atom. The van der Waals surface area contributed by atoms with E-state index in [4.69, 9.17) is 28.4 Å². The molecule has 0 saturated carbocycles. The fourth-order valence-corrected chi connectivity index (χ4v) is 4.79. The van der Waals surface area contributed by atoms with E-state index in [0.29, 0.717) is 12.3 Å². The SMILES string of the molecule is CCCCCCCCCCCCOCc1cn([C@@H]2O[C@H](COC(C)=O)[C@@H](OC(C)=O)[C@H](OC(C)=O)[C@@H]2OC(C)=O)nn1. The van der Waals surface area contributed by atoms with Crippen molar-refractivity contribution in [3.05, 3.63) is 11.9 Å². The first-order valence-corrected chi connectivity index (χ1v) is 14.9. The van der Waals surface area contributed by atoms with Crippen LogP contribution in [0.2, 0.25) is 0 Å². The highest BCUT2D eigenvalue weighted by Crippen LogP contribution is 2.34. The summed E-state index contributed by atoms with van der Waals surface area (Å²) in [6.07, 6.45) is 7.92. The largest absolute Gasteiger partial charge is 0.463 e. The number of nitrogens with zero attached hydrogens (tertiary/aromatic N) is 3. The highest BCUT2D eigenvalue weighted by molar-refractivity contribution is 5.68. The van der Waals surface area contributed by atoms with Crippen LogP contribution >= 0.6 is 0 Å². The van der Waals surface area contributed by atoms with Crippen molar-refractivity contribution in [2.24, 2.45) is 0 Å². The quantitative estimate of drug-likeness (QED) is 0.129. The molecule has 1 saturated heterocycles. The molecule has 42 heavy (non-hydrogen) atoms. The second-order valence-corrected chi connectivity index (χ2v) is 10.5. The Kier molecular flexibility index (Phi) is 16.1. The minimum absolute atomic E-state index is 0.211. The van der Waals surface area contributed by atoms with E-state index in [-0.39, 0.29) is 13.2 Å². The van der Waals surface area contributed by atoms with Crippen LogP contribution < -0.4 is 0 Å². The van der Waals surface area contributed by atoms with Gasteiger partial charge in [0.1, 0.15) is 18.4 Å². The average molecular weight is 598 g/mol. The summed E-state index contributed by atoms with van der Waals surface area (Å²) < 4.78 is 34.6. The maximum absolute atomic E-state index is 12.0. The molecule has 13 nitrogen and oxygen atoms in total. The third-order valence-electron chi connectivity index (χ3n) is 6.68. The van der Waals surface area contributed by atoms with Crippen LogP contribution in [0.15, 0.2) is 6.20 Å². The Morgan fingerprint density at radius 3 is 1.88 bits per heavy atom. The molecule has 0 unspecified atom stereocenters. The van der Waals surface area contributed by atoms with Crippen molar-refractivity contribution in [3.8, 4) is 0 Å². The molecule has 5 atom stereocenters. The third-order valence-corrected chi connectivity index (χ3v) is 6.68. The highest BCUT2D eigenvalue weighted by atomic mass is 16.7. The Bertz CT molecular complexity index is 985. The van der Waals surface area contributed by atoms with E-state index < -0.39 is 54.5 Å². The molecule has 238 valence electrons. The minimum atomic E-state index is -1.28. The van der Waals surface area contributed by atoms with E-state index in [1.165, 1.54) is 83.7 Å². The van der Waals surface area contributed by atoms with Crippen molar-refractivity contribution in [2.45, 2.75) is 136 Å². The molecule has 2 heterocycles. The summed E-state index contributed by atoms with van der Waals surface area (Å²) in [7, 11) is 0. The highest BCUT2D eigenvalue weighted by Gasteiger charge is 2.53. The molecule has 1 aliphatic heterocycles. The van der Waals surface area contributed by atoms with Gasteiger partial charge in [-0.1, -0.05) is 69.9 Å². The lowest BCUT2D eigenvalue weighted by Gasteiger charge is -2.44. The second-order valence-electron chi connectivity index (χ2n) is 10.5. The summed E-state index contributed by atoms with van der Waals surface area (Å²) in [5, 5.41) is 8.25. The predicted octanol–water partition coefficient (Wildman–Crippen LogP) is 3.97. The van der Waals surface area contributed by atoms with Crippen LogP contribution in [0.1, 0.15) is 111 Å². The fourth-order valence-electron chi connectivity index (χ4n) is 4.79. The van der Waals surface area contributed by atoms with Gasteiger partial charge in [-0.2, -0.15) is 0 Å². The number of esters is 4. The van der Waals surface area contributed by atoms with Crippen LogP contribution in [0.3, 0.4) is 0 Å². The molecule has 1 aromatic rings. The number of hydrogen-bond acceptors (Lipinski definition) is 12. The molecule has 0 bridgehead atoms. The van der Waals surface area contributed by atoms with Gasteiger partial charge in [-0.25, -0.2) is 4.68 Å². The smallest absolute Gasteiger partial charge is 0.303 e. The van der Waals surface area contributed by atoms with Crippen molar-refractivity contribution in [1.29, 1.82) is 0 Å². The maximum Gasteiger partial charge on any atom is 0.303 e. The standard InChI is InChI=1S/C29H47N3O10/c1-6-7-8-9-10-11-12-13-14-15-16-37-18-24-17-32(31-30-24)29-28(41-23(5)36)27(40-22(4)35)26(39-21(3)34)25(42-29)19-38-20(2)33/h17,25-29H,6-16,18-19H2,1-5H3/t25-,26-,27+,28+,29-/m1/s1. The van der Waals surface area contributed by atoms with Crippen molar-refractivity contribution in [2.75, 3.05) is 13.2 Å². The van der Waals surface area contributed by atoms with Gasteiger partial charge >= 0.3 is 23.9 Å². The van der Waals surface area contributed by atoms with Gasteiger partial charge in [0.05, 0.1) is 12.8 Å². The molecule has 0 spiro atoms. The van der Waals surface area contributed by atoms with Crippen LogP contribution in [-0.4, -0.2) is 76.5 Å². The van der Waals surface area contributed by atoms with Gasteiger partial charge in [0.15, 0.2) is 24.5 Å². The zero-order valence-electron chi connectivity index (χ0n) is 25.6. The molecule has 0 N–H and O–H groups in total. The monoisotopic (exact) mass is 597 g/mol. The van der Waals surface area contributed by atoms with E-state index in [2.05, 4.69) is 17.2 Å². The molecule has 0 aliphatic carbocycles. The summed E-state index contributed by atoms with van der Waals surface area (Å²) in [6.45, 7) is 7.43. The zero-order valence-corrected chi connectivity index (χ0v) is 25.6. The Hall–Kier alpha value is -3.06. The van der Waals surface area contributed by atoms with E-state index in [9.17, 15) is 19.2 Å². The summed E-state index contributed by atoms with van der Waals surface area (Å²) in [5.41, 5.74) is 0.509. The number of rotatable bonds is 19. The molecule has 0 radical (unpaired) electrons. The Labute approximate surface area is 247 Å². The predicted molar refractivity (Wildman–Crippen MR) is 149 cm³/mol. The van der Waals surface area contributed by atoms with Crippen molar-refractivity contribution >= 4 is 23.9 Å². The fraction of sp³-hybridized carbons (Fsp3) is 0.793. The lowest BCUT2D eigenvalue weighted by molar-refractivity contribution is -0.270.